The Bertz CT molecular complexity index is 526. The van der Waals surface area contributed by atoms with Crippen molar-refractivity contribution in [1.82, 2.24) is 14.9 Å². The molecule has 2 aromatic rings. The highest BCUT2D eigenvalue weighted by molar-refractivity contribution is 5.25. The first kappa shape index (κ1) is 13.4. The van der Waals surface area contributed by atoms with E-state index in [1.54, 1.807) is 0 Å². The number of rotatable bonds is 6. The summed E-state index contributed by atoms with van der Waals surface area (Å²) in [4.78, 5) is 4.10. The van der Waals surface area contributed by atoms with Crippen molar-refractivity contribution in [2.45, 2.75) is 45.3 Å². The van der Waals surface area contributed by atoms with Crippen LogP contribution in [0.2, 0.25) is 0 Å². The van der Waals surface area contributed by atoms with Crippen LogP contribution in [0, 0.1) is 12.8 Å². The molecule has 1 heterocycles. The predicted octanol–water partition coefficient (Wildman–Crippen LogP) is 3.32. The summed E-state index contributed by atoms with van der Waals surface area (Å²) >= 11 is 0. The molecule has 0 spiro atoms. The summed E-state index contributed by atoms with van der Waals surface area (Å²) in [5.41, 5.74) is 2.75. The van der Waals surface area contributed by atoms with E-state index in [1.165, 1.54) is 24.0 Å². The van der Waals surface area contributed by atoms with Crippen LogP contribution in [-0.2, 0) is 6.54 Å². The molecule has 2 atom stereocenters. The molecular formula is C17H23N3. The van der Waals surface area contributed by atoms with E-state index in [-0.39, 0.29) is 0 Å². The smallest absolute Gasteiger partial charge is 0.0946 e. The van der Waals surface area contributed by atoms with Crippen molar-refractivity contribution in [3.63, 3.8) is 0 Å². The van der Waals surface area contributed by atoms with Gasteiger partial charge in [-0.3, -0.25) is 0 Å². The first-order valence-corrected chi connectivity index (χ1v) is 7.51. The first-order valence-electron chi connectivity index (χ1n) is 7.51. The van der Waals surface area contributed by atoms with Crippen LogP contribution in [-0.4, -0.2) is 15.6 Å². The van der Waals surface area contributed by atoms with E-state index in [0.29, 0.717) is 12.1 Å². The number of aromatic nitrogens is 2. The lowest BCUT2D eigenvalue weighted by atomic mass is 10.00. The van der Waals surface area contributed by atoms with Crippen LogP contribution in [0.15, 0.2) is 43.0 Å². The molecule has 0 radical (unpaired) electrons. The molecule has 0 bridgehead atoms. The Morgan fingerprint density at radius 1 is 1.30 bits per heavy atom. The molecule has 0 saturated heterocycles. The molecule has 1 saturated carbocycles. The van der Waals surface area contributed by atoms with Crippen LogP contribution in [0.3, 0.4) is 0 Å². The number of imidazole rings is 1. The number of aryl methyl sites for hydroxylation is 1. The number of hydrogen-bond acceptors (Lipinski definition) is 2. The van der Waals surface area contributed by atoms with Crippen molar-refractivity contribution >= 4 is 0 Å². The first-order chi connectivity index (χ1) is 9.72. The number of hydrogen-bond donors (Lipinski definition) is 1. The summed E-state index contributed by atoms with van der Waals surface area (Å²) in [6.07, 6.45) is 8.45. The zero-order valence-electron chi connectivity index (χ0n) is 12.3. The molecule has 0 aliphatic heterocycles. The van der Waals surface area contributed by atoms with E-state index in [1.807, 2.05) is 18.7 Å². The minimum Gasteiger partial charge on any atom is -0.336 e. The average Bonchev–Trinajstić information content (AvgIpc) is 3.16. The molecule has 1 aromatic heterocycles. The van der Waals surface area contributed by atoms with Gasteiger partial charge in [-0.15, -0.1) is 0 Å². The van der Waals surface area contributed by atoms with Crippen molar-refractivity contribution < 1.29 is 0 Å². The SMILES string of the molecule is Cc1ccc(C(NC(C)Cn2ccnc2)C2CC2)cc1. The Balaban J connectivity index is 1.66. The molecule has 1 aromatic carbocycles. The molecule has 3 rings (SSSR count). The Labute approximate surface area is 121 Å². The highest BCUT2D eigenvalue weighted by Crippen LogP contribution is 2.41. The summed E-state index contributed by atoms with van der Waals surface area (Å²) < 4.78 is 2.14. The number of nitrogens with zero attached hydrogens (tertiary/aromatic N) is 2. The van der Waals surface area contributed by atoms with Crippen LogP contribution in [0.1, 0.15) is 36.9 Å². The standard InChI is InChI=1S/C17H23N3/c1-13-3-5-15(6-4-13)17(16-7-8-16)19-14(2)11-20-10-9-18-12-20/h3-6,9-10,12,14,16-17,19H,7-8,11H2,1-2H3. The minimum atomic E-state index is 0.441. The molecule has 1 aliphatic rings. The zero-order chi connectivity index (χ0) is 13.9. The third kappa shape index (κ3) is 3.28. The summed E-state index contributed by atoms with van der Waals surface area (Å²) in [5.74, 6) is 0.808. The molecular weight excluding hydrogens is 246 g/mol. The summed E-state index contributed by atoms with van der Waals surface area (Å²) in [6, 6.07) is 9.91. The Morgan fingerprint density at radius 3 is 2.65 bits per heavy atom. The van der Waals surface area contributed by atoms with Gasteiger partial charge in [-0.1, -0.05) is 29.8 Å². The number of nitrogens with one attached hydrogen (secondary N) is 1. The third-order valence-electron chi connectivity index (χ3n) is 4.04. The highest BCUT2D eigenvalue weighted by Gasteiger charge is 2.32. The van der Waals surface area contributed by atoms with Crippen LogP contribution in [0.4, 0.5) is 0 Å². The maximum atomic E-state index is 4.10. The van der Waals surface area contributed by atoms with Gasteiger partial charge in [-0.25, -0.2) is 4.98 Å². The molecule has 1 aliphatic carbocycles. The van der Waals surface area contributed by atoms with Crippen molar-refractivity contribution in [1.29, 1.82) is 0 Å². The molecule has 1 fully saturated rings. The Kier molecular flexibility index (Phi) is 3.88. The second-order valence-corrected chi connectivity index (χ2v) is 6.05. The summed E-state index contributed by atoms with van der Waals surface area (Å²) in [7, 11) is 0. The predicted molar refractivity (Wildman–Crippen MR) is 81.5 cm³/mol. The van der Waals surface area contributed by atoms with Crippen LogP contribution in [0.25, 0.3) is 0 Å². The quantitative estimate of drug-likeness (QED) is 0.872. The lowest BCUT2D eigenvalue weighted by Gasteiger charge is -2.24. The Hall–Kier alpha value is -1.61. The molecule has 2 unspecified atom stereocenters. The third-order valence-corrected chi connectivity index (χ3v) is 4.04. The van der Waals surface area contributed by atoms with E-state index in [0.717, 1.165) is 12.5 Å². The molecule has 0 amide bonds. The van der Waals surface area contributed by atoms with Gasteiger partial charge in [0.15, 0.2) is 0 Å². The fourth-order valence-corrected chi connectivity index (χ4v) is 2.78. The second kappa shape index (κ2) is 5.80. The van der Waals surface area contributed by atoms with E-state index in [2.05, 4.69) is 53.0 Å². The maximum Gasteiger partial charge on any atom is 0.0946 e. The molecule has 20 heavy (non-hydrogen) atoms. The fourth-order valence-electron chi connectivity index (χ4n) is 2.78. The lowest BCUT2D eigenvalue weighted by Crippen LogP contribution is -2.34. The minimum absolute atomic E-state index is 0.441. The lowest BCUT2D eigenvalue weighted by molar-refractivity contribution is 0.387. The fraction of sp³-hybridized carbons (Fsp3) is 0.471. The van der Waals surface area contributed by atoms with Crippen LogP contribution >= 0.6 is 0 Å². The van der Waals surface area contributed by atoms with Crippen molar-refractivity contribution in [2.75, 3.05) is 0 Å². The van der Waals surface area contributed by atoms with Gasteiger partial charge in [0, 0.05) is 31.0 Å². The van der Waals surface area contributed by atoms with Gasteiger partial charge in [0.1, 0.15) is 0 Å². The second-order valence-electron chi connectivity index (χ2n) is 6.05. The van der Waals surface area contributed by atoms with Crippen LogP contribution in [0.5, 0.6) is 0 Å². The van der Waals surface area contributed by atoms with Gasteiger partial charge >= 0.3 is 0 Å². The topological polar surface area (TPSA) is 29.9 Å². The van der Waals surface area contributed by atoms with Gasteiger partial charge in [-0.05, 0) is 38.2 Å². The zero-order valence-corrected chi connectivity index (χ0v) is 12.3. The van der Waals surface area contributed by atoms with E-state index >= 15 is 0 Å². The average molecular weight is 269 g/mol. The van der Waals surface area contributed by atoms with E-state index < -0.39 is 0 Å². The van der Waals surface area contributed by atoms with Gasteiger partial charge in [-0.2, -0.15) is 0 Å². The monoisotopic (exact) mass is 269 g/mol. The molecule has 106 valence electrons. The van der Waals surface area contributed by atoms with Crippen molar-refractivity contribution in [3.05, 3.63) is 54.1 Å². The van der Waals surface area contributed by atoms with Gasteiger partial charge < -0.3 is 9.88 Å². The largest absolute Gasteiger partial charge is 0.336 e. The van der Waals surface area contributed by atoms with Crippen molar-refractivity contribution in [3.8, 4) is 0 Å². The van der Waals surface area contributed by atoms with Gasteiger partial charge in [0.25, 0.3) is 0 Å². The number of benzene rings is 1. The maximum absolute atomic E-state index is 4.10. The summed E-state index contributed by atoms with van der Waals surface area (Å²) in [6.45, 7) is 5.36. The van der Waals surface area contributed by atoms with Gasteiger partial charge in [0.2, 0.25) is 0 Å². The van der Waals surface area contributed by atoms with Crippen LogP contribution < -0.4 is 5.32 Å². The van der Waals surface area contributed by atoms with Gasteiger partial charge in [0.05, 0.1) is 6.33 Å². The summed E-state index contributed by atoms with van der Waals surface area (Å²) in [5, 5.41) is 3.80. The van der Waals surface area contributed by atoms with E-state index in [9.17, 15) is 0 Å². The van der Waals surface area contributed by atoms with E-state index in [4.69, 9.17) is 0 Å². The molecule has 3 nitrogen and oxygen atoms in total. The van der Waals surface area contributed by atoms with Crippen molar-refractivity contribution in [2.24, 2.45) is 5.92 Å². The molecule has 3 heteroatoms. The highest BCUT2D eigenvalue weighted by atomic mass is 15.1. The normalized spacial score (nSPS) is 17.9. The molecule has 1 N–H and O–H groups in total. The Morgan fingerprint density at radius 2 is 2.05 bits per heavy atom.